The summed E-state index contributed by atoms with van der Waals surface area (Å²) < 4.78 is 49.6. The van der Waals surface area contributed by atoms with Gasteiger partial charge in [0.15, 0.2) is 0 Å². The number of likely N-dealkylation sites (tertiary alicyclic amines) is 1. The Balaban J connectivity index is 0.000000188. The normalized spacial score (nSPS) is 16.9. The van der Waals surface area contributed by atoms with E-state index >= 15 is 0 Å². The molecule has 0 radical (unpaired) electrons. The van der Waals surface area contributed by atoms with Crippen molar-refractivity contribution in [2.45, 2.75) is 155 Å². The molecule has 2 saturated carbocycles. The lowest BCUT2D eigenvalue weighted by molar-refractivity contribution is -0.192. The summed E-state index contributed by atoms with van der Waals surface area (Å²) in [6.07, 6.45) is 23.5. The summed E-state index contributed by atoms with van der Waals surface area (Å²) in [5.41, 5.74) is 9.64. The Morgan fingerprint density at radius 1 is 0.455 bits per heavy atom. The van der Waals surface area contributed by atoms with E-state index < -0.39 is 18.1 Å². The maximum atomic E-state index is 12.5. The molecular formula is C83H99Cl4F3N6O14. The zero-order valence-electron chi connectivity index (χ0n) is 60.7. The summed E-state index contributed by atoms with van der Waals surface area (Å²) in [6.45, 7) is 6.32. The van der Waals surface area contributed by atoms with Crippen molar-refractivity contribution < 1.29 is 81.4 Å². The quantitative estimate of drug-likeness (QED) is 0.0362. The number of aliphatic hydroxyl groups excluding tert-OH is 1. The fourth-order valence-corrected chi connectivity index (χ4v) is 13.7. The molecule has 27 heteroatoms. The number of piperidine rings is 2. The second-order valence-electron chi connectivity index (χ2n) is 27.7. The van der Waals surface area contributed by atoms with Gasteiger partial charge in [0.1, 0.15) is 23.0 Å². The van der Waals surface area contributed by atoms with Gasteiger partial charge in [-0.2, -0.15) is 13.2 Å². The van der Waals surface area contributed by atoms with Gasteiger partial charge in [0.2, 0.25) is 29.5 Å². The van der Waals surface area contributed by atoms with Crippen molar-refractivity contribution in [3.63, 3.8) is 0 Å². The summed E-state index contributed by atoms with van der Waals surface area (Å²) in [7, 11) is 0. The van der Waals surface area contributed by atoms with Crippen LogP contribution in [0.15, 0.2) is 121 Å². The molecule has 14 rings (SSSR count). The van der Waals surface area contributed by atoms with E-state index in [4.69, 9.17) is 85.8 Å². The zero-order chi connectivity index (χ0) is 78.2. The Morgan fingerprint density at radius 3 is 1.17 bits per heavy atom. The second-order valence-corrected chi connectivity index (χ2v) is 29.4. The van der Waals surface area contributed by atoms with Crippen LogP contribution < -0.4 is 40.8 Å². The number of nitrogens with one attached hydrogen (secondary N) is 5. The Morgan fingerprint density at radius 2 is 0.809 bits per heavy atom. The summed E-state index contributed by atoms with van der Waals surface area (Å²) in [4.78, 5) is 78.4. The standard InChI is InChI=1S/C24H24Cl2N2O3.C16H21NO2.C15H20N2O2.C9H6Cl2O2.C9H9NO2.C7H14O.C2HF3O2.CH4/c25-20-5-1-16(13-21(20)26)2-8-24(30)28-11-9-17(10-12-28)15-31-19-4-6-22-18(14-19)3-7-23(29)27-22;18-16-9-6-13-10-14(7-8-15(13)17-16)19-11-12-4-2-1-3-5-12;18-15-4-1-12-9-13(2-3-14(12)17-15)19-10-11-5-7-16-8-6-11;10-7-3-1-6(5-8(7)11)2-4-9(12)13;11-7-2-3-8-6(5-7)1-4-9(12)10-8;8-6-7-4-2-1-3-5-7;3-2(4,5)1(6)7;/h1-2,4-6,8,13-14,17H,3,7,9-12,15H2,(H,27,29);7-8,10,12H,1-6,9,11H2,(H,17,18);2-3,9,11,16H,1,4-8,10H2,(H,17,18);1-5H,(H,12,13);2-3,5,11H,1,4H2,(H,10,12);7-8H,1-6H2;(H,6,7);1H4/b8-2+;;;4-2+;;;;. The van der Waals surface area contributed by atoms with Crippen molar-refractivity contribution in [1.29, 1.82) is 0 Å². The van der Waals surface area contributed by atoms with Crippen LogP contribution in [-0.4, -0.2) is 126 Å². The number of carboxylic acids is 2. The molecule has 2 aliphatic carbocycles. The van der Waals surface area contributed by atoms with Crippen LogP contribution in [-0.2, 0) is 59.2 Å². The summed E-state index contributed by atoms with van der Waals surface area (Å²) in [6, 6.07) is 33.0. The number of carboxylic acid groups (broad SMARTS) is 2. The van der Waals surface area contributed by atoms with Crippen LogP contribution in [0.4, 0.5) is 35.9 Å². The number of aromatic hydroxyl groups is 1. The molecule has 0 bridgehead atoms. The van der Waals surface area contributed by atoms with Crippen LogP contribution in [0.2, 0.25) is 20.1 Å². The minimum Gasteiger partial charge on any atom is -0.508 e. The Bertz CT molecular complexity index is 4030. The van der Waals surface area contributed by atoms with Crippen LogP contribution in [0, 0.1) is 23.7 Å². The molecule has 20 nitrogen and oxygen atoms in total. The predicted octanol–water partition coefficient (Wildman–Crippen LogP) is 17.9. The molecule has 0 atom stereocenters. The lowest BCUT2D eigenvalue weighted by Gasteiger charge is -2.31. The molecule has 6 heterocycles. The van der Waals surface area contributed by atoms with E-state index in [2.05, 4.69) is 38.7 Å². The highest BCUT2D eigenvalue weighted by molar-refractivity contribution is 6.42. The number of fused-ring (bicyclic) bond motifs is 4. The highest BCUT2D eigenvalue weighted by Gasteiger charge is 2.38. The van der Waals surface area contributed by atoms with Gasteiger partial charge in [0, 0.05) is 80.3 Å². The molecule has 2 saturated heterocycles. The van der Waals surface area contributed by atoms with E-state index in [1.54, 1.807) is 60.7 Å². The molecule has 9 N–H and O–H groups in total. The number of alkyl halides is 3. The number of benzene rings is 6. The first kappa shape index (κ1) is 88.4. The van der Waals surface area contributed by atoms with Gasteiger partial charge in [-0.3, -0.25) is 24.0 Å². The Hall–Kier alpha value is -8.84. The van der Waals surface area contributed by atoms with Gasteiger partial charge >= 0.3 is 18.1 Å². The Labute approximate surface area is 660 Å². The minimum atomic E-state index is -5.08. The van der Waals surface area contributed by atoms with Crippen molar-refractivity contribution in [2.75, 3.05) is 73.9 Å². The van der Waals surface area contributed by atoms with Crippen LogP contribution in [0.3, 0.4) is 0 Å². The first-order valence-corrected chi connectivity index (χ1v) is 38.5. The number of aryl methyl sites for hydroxylation is 4. The highest BCUT2D eigenvalue weighted by atomic mass is 35.5. The van der Waals surface area contributed by atoms with E-state index in [0.717, 1.165) is 147 Å². The summed E-state index contributed by atoms with van der Waals surface area (Å²) >= 11 is 23.3. The van der Waals surface area contributed by atoms with Gasteiger partial charge in [-0.1, -0.05) is 104 Å². The highest BCUT2D eigenvalue weighted by Crippen LogP contribution is 2.34. The number of nitrogens with zero attached hydrogens (tertiary/aromatic N) is 1. The largest absolute Gasteiger partial charge is 0.508 e. The van der Waals surface area contributed by atoms with Crippen LogP contribution in [0.1, 0.15) is 156 Å². The monoisotopic (exact) mass is 1600 g/mol. The predicted molar refractivity (Wildman–Crippen MR) is 426 cm³/mol. The Kier molecular flexibility index (Phi) is 36.5. The fourth-order valence-electron chi connectivity index (χ4n) is 13.1. The molecule has 6 aromatic carbocycles. The summed E-state index contributed by atoms with van der Waals surface area (Å²) in [5, 5.41) is 49.9. The molecule has 0 spiro atoms. The van der Waals surface area contributed by atoms with E-state index in [1.807, 2.05) is 53.4 Å². The van der Waals surface area contributed by atoms with E-state index in [1.165, 1.54) is 94.3 Å². The van der Waals surface area contributed by atoms with E-state index in [0.29, 0.717) is 82.3 Å². The third kappa shape index (κ3) is 30.8. The van der Waals surface area contributed by atoms with Gasteiger partial charge in [-0.05, 0) is 256 Å². The van der Waals surface area contributed by atoms with Crippen molar-refractivity contribution in [3.05, 3.63) is 175 Å². The topological polar surface area (TPSA) is 291 Å². The number of phenols is 1. The number of aliphatic hydroxyl groups is 1. The molecule has 0 aromatic heterocycles. The number of anilines is 4. The number of hydrogen-bond donors (Lipinski definition) is 9. The van der Waals surface area contributed by atoms with E-state index in [9.17, 15) is 41.9 Å². The van der Waals surface area contributed by atoms with Gasteiger partial charge in [0.05, 0.1) is 39.9 Å². The number of aliphatic carboxylic acids is 2. The third-order valence-corrected chi connectivity index (χ3v) is 20.9. The maximum Gasteiger partial charge on any atom is 0.490 e. The van der Waals surface area contributed by atoms with Crippen molar-refractivity contribution in [2.24, 2.45) is 23.7 Å². The number of carbonyl (C=O) groups is 7. The molecule has 0 unspecified atom stereocenters. The lowest BCUT2D eigenvalue weighted by atomic mass is 9.90. The molecule has 110 heavy (non-hydrogen) atoms. The third-order valence-electron chi connectivity index (χ3n) is 19.4. The number of phenolic OH excluding ortho intramolecular Hbond substituents is 1. The zero-order valence-corrected chi connectivity index (χ0v) is 63.7. The fraction of sp³-hybridized carbons (Fsp3) is 0.434. The SMILES string of the molecule is C.O=C(O)/C=C/c1ccc(Cl)c(Cl)c1.O=C(O)C(F)(F)F.O=C1CCc2cc(O)ccc2N1.O=C1CCc2cc(OCC3CCCCC3)ccc2N1.O=C1CCc2cc(OCC3CCN(C(=O)/C=C/c4ccc(Cl)c(Cl)c4)CC3)ccc2N1.O=C1CCc2cc(OCC3CCNCC3)ccc2N1.OCC1CCCCC1. The lowest BCUT2D eigenvalue weighted by Crippen LogP contribution is -2.38. The second kappa shape index (κ2) is 45.5. The molecule has 4 fully saturated rings. The molecular weight excluding hydrogens is 1500 g/mol. The van der Waals surface area contributed by atoms with Crippen molar-refractivity contribution >= 4 is 123 Å². The average molecular weight is 1600 g/mol. The average Bonchev–Trinajstić information content (AvgIpc) is 0.843. The smallest absolute Gasteiger partial charge is 0.490 e. The molecule has 594 valence electrons. The summed E-state index contributed by atoms with van der Waals surface area (Å²) in [5.74, 6) is 1.99. The van der Waals surface area contributed by atoms with Gasteiger partial charge in [-0.25, -0.2) is 9.59 Å². The molecule has 6 aromatic rings. The van der Waals surface area contributed by atoms with Crippen LogP contribution in [0.25, 0.3) is 12.2 Å². The van der Waals surface area contributed by atoms with E-state index in [-0.39, 0.29) is 42.7 Å². The minimum absolute atomic E-state index is 0. The number of rotatable bonds is 14. The van der Waals surface area contributed by atoms with Gasteiger partial charge < -0.3 is 66.1 Å². The van der Waals surface area contributed by atoms with Crippen LogP contribution in [0.5, 0.6) is 23.0 Å². The van der Waals surface area contributed by atoms with Crippen molar-refractivity contribution in [3.8, 4) is 23.0 Å². The van der Waals surface area contributed by atoms with Crippen molar-refractivity contribution in [1.82, 2.24) is 10.2 Å². The number of carbonyl (C=O) groups excluding carboxylic acids is 5. The molecule has 8 aliphatic rings. The number of amides is 5. The number of ether oxygens (including phenoxy) is 3. The first-order chi connectivity index (χ1) is 52.3. The maximum absolute atomic E-state index is 12.5. The first-order valence-electron chi connectivity index (χ1n) is 37.0. The van der Waals surface area contributed by atoms with Crippen LogP contribution >= 0.6 is 46.4 Å². The van der Waals surface area contributed by atoms with Gasteiger partial charge in [-0.15, -0.1) is 0 Å². The number of hydrogen-bond acceptors (Lipinski definition) is 13. The molecule has 6 aliphatic heterocycles. The number of halogens is 7. The van der Waals surface area contributed by atoms with Gasteiger partial charge in [0.25, 0.3) is 0 Å². The molecule has 5 amide bonds.